The molecule has 0 heterocycles. The predicted octanol–water partition coefficient (Wildman–Crippen LogP) is 4.69. The average molecular weight is 434 g/mol. The van der Waals surface area contributed by atoms with E-state index in [4.69, 9.17) is 9.47 Å². The van der Waals surface area contributed by atoms with E-state index in [1.165, 1.54) is 18.4 Å². The molecule has 5 nitrogen and oxygen atoms in total. The van der Waals surface area contributed by atoms with Crippen molar-refractivity contribution in [3.8, 4) is 11.5 Å². The summed E-state index contributed by atoms with van der Waals surface area (Å²) in [6.07, 6.45) is 2.41. The molecule has 168 valence electrons. The molecule has 0 aliphatic heterocycles. The van der Waals surface area contributed by atoms with Crippen molar-refractivity contribution in [1.82, 2.24) is 0 Å². The third-order valence-electron chi connectivity index (χ3n) is 5.08. The van der Waals surface area contributed by atoms with E-state index in [-0.39, 0.29) is 12.5 Å². The van der Waals surface area contributed by atoms with Crippen LogP contribution >= 0.6 is 0 Å². The number of quaternary nitrogens is 1. The lowest BCUT2D eigenvalue weighted by Gasteiger charge is -2.23. The fourth-order valence-electron chi connectivity index (χ4n) is 3.48. The number of ether oxygens (including phenoxy) is 2. The maximum Gasteiger partial charge on any atom is 0.269 e. The number of nitrogens with zero attached hydrogens (tertiary/aromatic N) is 1. The molecule has 0 spiro atoms. The van der Waals surface area contributed by atoms with Gasteiger partial charge in [0.05, 0.1) is 13.2 Å². The first-order valence-corrected chi connectivity index (χ1v) is 11.4. The van der Waals surface area contributed by atoms with Gasteiger partial charge in [0, 0.05) is 16.9 Å². The molecule has 0 aliphatic rings. The highest BCUT2D eigenvalue weighted by molar-refractivity contribution is 6.01. The minimum absolute atomic E-state index is 0.0914. The van der Waals surface area contributed by atoms with Crippen LogP contribution in [-0.2, 0) is 11.3 Å². The Balaban J connectivity index is 1.72. The molecule has 3 aromatic carbocycles. The second-order valence-corrected chi connectivity index (χ2v) is 7.54. The van der Waals surface area contributed by atoms with E-state index in [1.54, 1.807) is 4.90 Å². The number of anilines is 2. The van der Waals surface area contributed by atoms with Crippen molar-refractivity contribution < 1.29 is 19.6 Å². The molecule has 0 radical (unpaired) electrons. The zero-order valence-corrected chi connectivity index (χ0v) is 19.0. The van der Waals surface area contributed by atoms with Crippen LogP contribution in [-0.4, -0.2) is 25.7 Å². The summed E-state index contributed by atoms with van der Waals surface area (Å²) in [5.74, 6) is 1.10. The number of rotatable bonds is 12. The van der Waals surface area contributed by atoms with Crippen molar-refractivity contribution in [2.75, 3.05) is 24.7 Å². The smallest absolute Gasteiger partial charge is 0.269 e. The molecule has 3 aromatic rings. The molecule has 0 saturated heterocycles. The van der Waals surface area contributed by atoms with E-state index in [1.807, 2.05) is 85.8 Å². The van der Waals surface area contributed by atoms with Crippen molar-refractivity contribution >= 4 is 17.3 Å². The highest BCUT2D eigenvalue weighted by atomic mass is 16.5. The Morgan fingerprint density at radius 1 is 0.844 bits per heavy atom. The highest BCUT2D eigenvalue weighted by Crippen LogP contribution is 2.30. The van der Waals surface area contributed by atoms with Gasteiger partial charge in [-0.05, 0) is 55.8 Å². The van der Waals surface area contributed by atoms with Gasteiger partial charge in [0.1, 0.15) is 6.54 Å². The Morgan fingerprint density at radius 2 is 1.50 bits per heavy atom. The van der Waals surface area contributed by atoms with Crippen molar-refractivity contribution in [2.24, 2.45) is 0 Å². The maximum atomic E-state index is 13.2. The molecule has 0 atom stereocenters. The van der Waals surface area contributed by atoms with Crippen LogP contribution in [0.3, 0.4) is 0 Å². The SMILES string of the molecule is CCCC[NH2+]Cc1ccc(OCC(=O)N(c2ccccc2)c2ccccc2)c(OCC)c1. The van der Waals surface area contributed by atoms with Gasteiger partial charge in [0.25, 0.3) is 5.91 Å². The van der Waals surface area contributed by atoms with Crippen molar-refractivity contribution in [3.63, 3.8) is 0 Å². The van der Waals surface area contributed by atoms with Crippen LogP contribution in [0.2, 0.25) is 0 Å². The first kappa shape index (κ1) is 23.4. The molecule has 0 fully saturated rings. The first-order chi connectivity index (χ1) is 15.7. The van der Waals surface area contributed by atoms with Crippen LogP contribution in [0.1, 0.15) is 32.3 Å². The van der Waals surface area contributed by atoms with Gasteiger partial charge >= 0.3 is 0 Å². The monoisotopic (exact) mass is 433 g/mol. The zero-order valence-electron chi connectivity index (χ0n) is 19.0. The Labute approximate surface area is 191 Å². The molecule has 32 heavy (non-hydrogen) atoms. The molecular formula is C27H33N2O3+. The largest absolute Gasteiger partial charge is 0.490 e. The third-order valence-corrected chi connectivity index (χ3v) is 5.08. The lowest BCUT2D eigenvalue weighted by molar-refractivity contribution is -0.670. The maximum absolute atomic E-state index is 13.2. The molecule has 0 saturated carbocycles. The number of hydrogen-bond acceptors (Lipinski definition) is 3. The Bertz CT molecular complexity index is 922. The molecule has 0 aliphatic carbocycles. The summed E-state index contributed by atoms with van der Waals surface area (Å²) in [5.41, 5.74) is 2.78. The molecule has 3 rings (SSSR count). The molecule has 2 N–H and O–H groups in total. The molecular weight excluding hydrogens is 400 g/mol. The number of unbranched alkanes of at least 4 members (excludes halogenated alkanes) is 1. The van der Waals surface area contributed by atoms with Crippen LogP contribution in [0, 0.1) is 0 Å². The van der Waals surface area contributed by atoms with E-state index in [2.05, 4.69) is 12.2 Å². The van der Waals surface area contributed by atoms with Crippen LogP contribution in [0.15, 0.2) is 78.9 Å². The molecule has 0 bridgehead atoms. The van der Waals surface area contributed by atoms with E-state index in [9.17, 15) is 4.79 Å². The quantitative estimate of drug-likeness (QED) is 0.422. The van der Waals surface area contributed by atoms with Crippen LogP contribution < -0.4 is 19.7 Å². The number of hydrogen-bond donors (Lipinski definition) is 1. The lowest BCUT2D eigenvalue weighted by Crippen LogP contribution is -2.82. The third kappa shape index (κ3) is 6.59. The first-order valence-electron chi connectivity index (χ1n) is 11.4. The summed E-state index contributed by atoms with van der Waals surface area (Å²) in [7, 11) is 0. The normalized spacial score (nSPS) is 10.6. The van der Waals surface area contributed by atoms with Crippen molar-refractivity contribution in [2.45, 2.75) is 33.2 Å². The van der Waals surface area contributed by atoms with E-state index in [0.29, 0.717) is 18.1 Å². The Kier molecular flexibility index (Phi) is 9.14. The van der Waals surface area contributed by atoms with Crippen LogP contribution in [0.25, 0.3) is 0 Å². The predicted molar refractivity (Wildman–Crippen MR) is 129 cm³/mol. The summed E-state index contributed by atoms with van der Waals surface area (Å²) < 4.78 is 11.8. The molecule has 0 unspecified atom stereocenters. The number of para-hydroxylation sites is 2. The number of nitrogens with two attached hydrogens (primary N) is 1. The second kappa shape index (κ2) is 12.5. The van der Waals surface area contributed by atoms with Gasteiger partial charge in [-0.25, -0.2) is 0 Å². The Hall–Kier alpha value is -3.31. The highest BCUT2D eigenvalue weighted by Gasteiger charge is 2.19. The van der Waals surface area contributed by atoms with Gasteiger partial charge in [0.2, 0.25) is 0 Å². The zero-order chi connectivity index (χ0) is 22.6. The minimum atomic E-state index is -0.151. The molecule has 5 heteroatoms. The van der Waals surface area contributed by atoms with Gasteiger partial charge in [-0.1, -0.05) is 49.7 Å². The van der Waals surface area contributed by atoms with Gasteiger partial charge < -0.3 is 14.8 Å². The fraction of sp³-hybridized carbons (Fsp3) is 0.296. The lowest BCUT2D eigenvalue weighted by atomic mass is 10.2. The molecule has 0 aromatic heterocycles. The van der Waals surface area contributed by atoms with E-state index >= 15 is 0 Å². The second-order valence-electron chi connectivity index (χ2n) is 7.54. The van der Waals surface area contributed by atoms with Gasteiger partial charge in [-0.15, -0.1) is 0 Å². The van der Waals surface area contributed by atoms with Gasteiger partial charge in [-0.3, -0.25) is 9.69 Å². The number of benzene rings is 3. The summed E-state index contributed by atoms with van der Waals surface area (Å²) >= 11 is 0. The van der Waals surface area contributed by atoms with Gasteiger partial charge in [-0.2, -0.15) is 0 Å². The van der Waals surface area contributed by atoms with E-state index in [0.717, 1.165) is 24.5 Å². The summed E-state index contributed by atoms with van der Waals surface area (Å²) in [6, 6.07) is 25.2. The van der Waals surface area contributed by atoms with Crippen LogP contribution in [0.5, 0.6) is 11.5 Å². The topological polar surface area (TPSA) is 55.4 Å². The summed E-state index contributed by atoms with van der Waals surface area (Å²) in [4.78, 5) is 14.9. The summed E-state index contributed by atoms with van der Waals surface area (Å²) in [5, 5.41) is 2.30. The Morgan fingerprint density at radius 3 is 2.09 bits per heavy atom. The van der Waals surface area contributed by atoms with E-state index < -0.39 is 0 Å². The van der Waals surface area contributed by atoms with Crippen molar-refractivity contribution in [1.29, 1.82) is 0 Å². The number of carbonyl (C=O) groups is 1. The molecule has 1 amide bonds. The fourth-order valence-corrected chi connectivity index (χ4v) is 3.48. The minimum Gasteiger partial charge on any atom is -0.490 e. The summed E-state index contributed by atoms with van der Waals surface area (Å²) in [6.45, 7) is 6.60. The number of carbonyl (C=O) groups excluding carboxylic acids is 1. The average Bonchev–Trinajstić information content (AvgIpc) is 2.83. The number of amides is 1. The van der Waals surface area contributed by atoms with Crippen LogP contribution in [0.4, 0.5) is 11.4 Å². The van der Waals surface area contributed by atoms with Gasteiger partial charge in [0.15, 0.2) is 18.1 Å². The van der Waals surface area contributed by atoms with Crippen molar-refractivity contribution in [3.05, 3.63) is 84.4 Å². The standard InChI is InChI=1S/C27H32N2O3/c1-3-5-18-28-20-22-16-17-25(26(19-22)31-4-2)32-21-27(30)29(23-12-8-6-9-13-23)24-14-10-7-11-15-24/h6-17,19,28H,3-5,18,20-21H2,1-2H3/p+1.